The normalized spacial score (nSPS) is 11.3. The van der Waals surface area contributed by atoms with Gasteiger partial charge in [-0.05, 0) is 18.7 Å². The predicted molar refractivity (Wildman–Crippen MR) is 99.5 cm³/mol. The summed E-state index contributed by atoms with van der Waals surface area (Å²) in [7, 11) is 0. The Morgan fingerprint density at radius 3 is 1.48 bits per heavy atom. The Kier molecular flexibility index (Phi) is 25.1. The van der Waals surface area contributed by atoms with Crippen LogP contribution in [0.5, 0.6) is 0 Å². The third-order valence-corrected chi connectivity index (χ3v) is 4.38. The number of hydrogen-bond donors (Lipinski definition) is 1. The van der Waals surface area contributed by atoms with Gasteiger partial charge in [-0.1, -0.05) is 96.8 Å². The van der Waals surface area contributed by atoms with E-state index in [4.69, 9.17) is 5.11 Å². The van der Waals surface area contributed by atoms with Gasteiger partial charge in [0, 0.05) is 0 Å². The molecule has 25 heavy (non-hydrogen) atoms. The smallest absolute Gasteiger partial charge is 0.862 e. The summed E-state index contributed by atoms with van der Waals surface area (Å²) in [5.41, 5.74) is 0. The summed E-state index contributed by atoms with van der Waals surface area (Å²) in [6, 6.07) is 0. The second kappa shape index (κ2) is 22.6. The van der Waals surface area contributed by atoms with Gasteiger partial charge in [-0.2, -0.15) is 0 Å². The maximum Gasteiger partial charge on any atom is 1.00 e. The Balaban J connectivity index is 0. The number of carboxylic acids is 1. The van der Waals surface area contributed by atoms with Gasteiger partial charge in [0.15, 0.2) is 0 Å². The molecule has 4 nitrogen and oxygen atoms in total. The molecule has 0 amide bonds. The van der Waals surface area contributed by atoms with Crippen LogP contribution in [-0.4, -0.2) is 23.5 Å². The van der Waals surface area contributed by atoms with Crippen molar-refractivity contribution < 1.29 is 66.4 Å². The number of carbonyl (C=O) groups is 1. The van der Waals surface area contributed by atoms with Crippen molar-refractivity contribution in [1.82, 2.24) is 0 Å². The van der Waals surface area contributed by atoms with Gasteiger partial charge >= 0.3 is 57.4 Å². The number of aliphatic carboxylic acids is 1. The van der Waals surface area contributed by atoms with Crippen molar-refractivity contribution in [3.05, 3.63) is 0 Å². The fraction of sp³-hybridized carbons (Fsp3) is 0.900. The SMILES string of the molecule is CCCCCCCCCCCCCCCCCC([O-])=NCC(=O)O.[K+]. The van der Waals surface area contributed by atoms with Crippen LogP contribution in [0, 0.1) is 0 Å². The molecule has 0 fully saturated rings. The van der Waals surface area contributed by atoms with Crippen LogP contribution in [0.1, 0.15) is 110 Å². The Morgan fingerprint density at radius 2 is 1.12 bits per heavy atom. The molecule has 0 aromatic rings. The van der Waals surface area contributed by atoms with Gasteiger partial charge in [-0.3, -0.25) is 9.79 Å². The zero-order chi connectivity index (χ0) is 17.9. The summed E-state index contributed by atoms with van der Waals surface area (Å²) in [6.07, 6.45) is 19.8. The molecule has 0 unspecified atom stereocenters. The monoisotopic (exact) mass is 379 g/mol. The van der Waals surface area contributed by atoms with Crippen molar-refractivity contribution in [2.24, 2.45) is 4.99 Å². The molecule has 0 aliphatic heterocycles. The topological polar surface area (TPSA) is 72.7 Å². The molecule has 0 aliphatic rings. The Morgan fingerprint density at radius 1 is 0.760 bits per heavy atom. The first kappa shape index (κ1) is 27.8. The van der Waals surface area contributed by atoms with E-state index in [0.717, 1.165) is 12.8 Å². The van der Waals surface area contributed by atoms with Gasteiger partial charge in [-0.15, -0.1) is 0 Å². The molecule has 0 rings (SSSR count). The Bertz CT molecular complexity index is 322. The van der Waals surface area contributed by atoms with Crippen molar-refractivity contribution >= 4 is 11.9 Å². The van der Waals surface area contributed by atoms with Gasteiger partial charge in [-0.25, -0.2) is 0 Å². The van der Waals surface area contributed by atoms with Crippen molar-refractivity contribution in [1.29, 1.82) is 0 Å². The Hall–Kier alpha value is 0.576. The average Bonchev–Trinajstić information content (AvgIpc) is 2.56. The standard InChI is InChI=1S/C20H39NO3.K/c1-2-3-4-5-6-7-8-9-10-11-12-13-14-15-16-17-19(22)21-18-20(23)24;/h2-18H2,1H3,(H,21,22)(H,23,24);/q;+1/p-1. The van der Waals surface area contributed by atoms with E-state index in [1.165, 1.54) is 83.5 Å². The molecule has 0 saturated carbocycles. The van der Waals surface area contributed by atoms with Crippen LogP contribution in [0.2, 0.25) is 0 Å². The van der Waals surface area contributed by atoms with Crippen molar-refractivity contribution in [3.8, 4) is 0 Å². The quantitative estimate of drug-likeness (QED) is 0.172. The first-order valence-electron chi connectivity index (χ1n) is 10.1. The minimum atomic E-state index is -1.04. The van der Waals surface area contributed by atoms with Gasteiger partial charge in [0.25, 0.3) is 0 Å². The molecule has 0 aromatic carbocycles. The molecule has 0 atom stereocenters. The zero-order valence-electron chi connectivity index (χ0n) is 16.7. The van der Waals surface area contributed by atoms with Crippen LogP contribution in [0.3, 0.4) is 0 Å². The third-order valence-electron chi connectivity index (χ3n) is 4.38. The molecule has 0 aromatic heterocycles. The predicted octanol–water partition coefficient (Wildman–Crippen LogP) is 2.10. The third kappa shape index (κ3) is 24.6. The molecule has 0 spiro atoms. The molecule has 0 bridgehead atoms. The fourth-order valence-electron chi connectivity index (χ4n) is 2.88. The van der Waals surface area contributed by atoms with E-state index in [1.807, 2.05) is 0 Å². The molecule has 0 radical (unpaired) electrons. The molecular weight excluding hydrogens is 341 g/mol. The van der Waals surface area contributed by atoms with Crippen molar-refractivity contribution in [2.45, 2.75) is 110 Å². The average molecular weight is 380 g/mol. The molecule has 0 aliphatic carbocycles. The molecule has 0 heterocycles. The van der Waals surface area contributed by atoms with Crippen molar-refractivity contribution in [3.63, 3.8) is 0 Å². The van der Waals surface area contributed by atoms with Crippen molar-refractivity contribution in [2.75, 3.05) is 6.54 Å². The maximum atomic E-state index is 11.3. The van der Waals surface area contributed by atoms with Crippen LogP contribution in [0.4, 0.5) is 0 Å². The minimum Gasteiger partial charge on any atom is -0.862 e. The number of hydrogen-bond acceptors (Lipinski definition) is 3. The molecular formula is C20H38KNO3. The largest absolute Gasteiger partial charge is 1.00 e. The summed E-state index contributed by atoms with van der Waals surface area (Å²) in [5.74, 6) is -1.31. The number of nitrogens with zero attached hydrogens (tertiary/aromatic N) is 1. The summed E-state index contributed by atoms with van der Waals surface area (Å²) in [4.78, 5) is 13.8. The van der Waals surface area contributed by atoms with E-state index in [9.17, 15) is 9.90 Å². The van der Waals surface area contributed by atoms with Gasteiger partial charge < -0.3 is 10.2 Å². The molecule has 5 heteroatoms. The van der Waals surface area contributed by atoms with Crippen LogP contribution < -0.4 is 56.5 Å². The second-order valence-corrected chi connectivity index (χ2v) is 6.80. The van der Waals surface area contributed by atoms with Gasteiger partial charge in [0.05, 0.1) is 0 Å². The van der Waals surface area contributed by atoms with E-state index < -0.39 is 12.5 Å². The zero-order valence-corrected chi connectivity index (χ0v) is 19.9. The van der Waals surface area contributed by atoms with E-state index in [2.05, 4.69) is 11.9 Å². The van der Waals surface area contributed by atoms with Crippen LogP contribution >= 0.6 is 0 Å². The minimum absolute atomic E-state index is 0. The van der Waals surface area contributed by atoms with Gasteiger partial charge in [0.1, 0.15) is 6.54 Å². The first-order valence-corrected chi connectivity index (χ1v) is 10.1. The first-order chi connectivity index (χ1) is 11.7. The van der Waals surface area contributed by atoms with Gasteiger partial charge in [0.2, 0.25) is 0 Å². The summed E-state index contributed by atoms with van der Waals surface area (Å²) in [6.45, 7) is 1.87. The van der Waals surface area contributed by atoms with E-state index >= 15 is 0 Å². The fourth-order valence-corrected chi connectivity index (χ4v) is 2.88. The van der Waals surface area contributed by atoms with Crippen LogP contribution in [0.25, 0.3) is 0 Å². The molecule has 142 valence electrons. The maximum absolute atomic E-state index is 11.3. The summed E-state index contributed by atoms with van der Waals surface area (Å²) in [5, 5.41) is 19.7. The number of rotatable bonds is 18. The number of carboxylic acid groups (broad SMARTS) is 1. The van der Waals surface area contributed by atoms with Crippen LogP contribution in [0.15, 0.2) is 4.99 Å². The summed E-state index contributed by atoms with van der Waals surface area (Å²) >= 11 is 0. The van der Waals surface area contributed by atoms with E-state index in [0.29, 0.717) is 6.42 Å². The Labute approximate surface area is 197 Å². The summed E-state index contributed by atoms with van der Waals surface area (Å²) < 4.78 is 0. The number of aliphatic imine (C=N–C) groups is 1. The second-order valence-electron chi connectivity index (χ2n) is 6.80. The molecule has 1 N–H and O–H groups in total. The number of unbranched alkanes of at least 4 members (excludes halogenated alkanes) is 14. The van der Waals surface area contributed by atoms with Crippen LogP contribution in [-0.2, 0) is 4.79 Å². The van der Waals surface area contributed by atoms with E-state index in [1.54, 1.807) is 0 Å². The van der Waals surface area contributed by atoms with E-state index in [-0.39, 0.29) is 57.3 Å². The molecule has 0 saturated heterocycles.